The normalized spacial score (nSPS) is 16.7. The number of hydrogen-bond acceptors (Lipinski definition) is 5. The van der Waals surface area contributed by atoms with Gasteiger partial charge >= 0.3 is 0 Å². The van der Waals surface area contributed by atoms with Crippen molar-refractivity contribution in [1.82, 2.24) is 10.2 Å². The zero-order valence-corrected chi connectivity index (χ0v) is 15.5. The number of carbonyl (C=O) groups is 1. The van der Waals surface area contributed by atoms with E-state index in [4.69, 9.17) is 4.74 Å². The molecule has 0 radical (unpaired) electrons. The Balaban J connectivity index is 1.61. The lowest BCUT2D eigenvalue weighted by molar-refractivity contribution is -0.117. The Morgan fingerprint density at radius 3 is 2.88 bits per heavy atom. The van der Waals surface area contributed by atoms with Gasteiger partial charge in [0.25, 0.3) is 0 Å². The second-order valence-corrected chi connectivity index (χ2v) is 7.21. The number of ether oxygens (including phenoxy) is 1. The minimum Gasteiger partial charge on any atom is -0.394 e. The molecule has 3 rings (SSSR count). The number of aliphatic hydroxyl groups excluding tert-OH is 1. The summed E-state index contributed by atoms with van der Waals surface area (Å²) < 4.78 is 5.38. The molecule has 2 heterocycles. The SMILES string of the molecule is O=C(C=Cc1cccs1)N[C@@H](CO)c1cccc(CN2CCOCC2)c1. The zero-order chi connectivity index (χ0) is 18.2. The van der Waals surface area contributed by atoms with E-state index in [1.165, 1.54) is 11.6 Å². The predicted molar refractivity (Wildman–Crippen MR) is 104 cm³/mol. The zero-order valence-electron chi connectivity index (χ0n) is 14.6. The highest BCUT2D eigenvalue weighted by Crippen LogP contribution is 2.17. The fourth-order valence-corrected chi connectivity index (χ4v) is 3.54. The molecule has 1 aliphatic heterocycles. The Labute approximate surface area is 157 Å². The van der Waals surface area contributed by atoms with Gasteiger partial charge in [0.2, 0.25) is 5.91 Å². The van der Waals surface area contributed by atoms with Gasteiger partial charge in [-0.15, -0.1) is 11.3 Å². The van der Waals surface area contributed by atoms with Crippen LogP contribution >= 0.6 is 11.3 Å². The van der Waals surface area contributed by atoms with Crippen molar-refractivity contribution in [1.29, 1.82) is 0 Å². The van der Waals surface area contributed by atoms with Gasteiger partial charge in [-0.05, 0) is 28.6 Å². The van der Waals surface area contributed by atoms with Crippen LogP contribution < -0.4 is 5.32 Å². The molecule has 0 unspecified atom stereocenters. The average Bonchev–Trinajstić information content (AvgIpc) is 3.19. The Morgan fingerprint density at radius 2 is 2.15 bits per heavy atom. The molecule has 1 atom stereocenters. The molecule has 2 aromatic rings. The molecule has 0 spiro atoms. The maximum atomic E-state index is 12.2. The summed E-state index contributed by atoms with van der Waals surface area (Å²) in [4.78, 5) is 15.5. The number of nitrogens with zero attached hydrogens (tertiary/aromatic N) is 1. The molecule has 0 bridgehead atoms. The number of thiophene rings is 1. The Bertz CT molecular complexity index is 724. The summed E-state index contributed by atoms with van der Waals surface area (Å²) in [7, 11) is 0. The second-order valence-electron chi connectivity index (χ2n) is 6.23. The average molecular weight is 372 g/mol. The van der Waals surface area contributed by atoms with E-state index >= 15 is 0 Å². The quantitative estimate of drug-likeness (QED) is 0.733. The van der Waals surface area contributed by atoms with Crippen molar-refractivity contribution in [3.63, 3.8) is 0 Å². The van der Waals surface area contributed by atoms with Crippen LogP contribution in [-0.2, 0) is 16.1 Å². The van der Waals surface area contributed by atoms with Crippen LogP contribution in [0.1, 0.15) is 22.0 Å². The van der Waals surface area contributed by atoms with Gasteiger partial charge in [-0.3, -0.25) is 9.69 Å². The molecule has 6 heteroatoms. The Hall–Kier alpha value is -1.99. The number of morpholine rings is 1. The molecule has 1 aliphatic rings. The molecule has 0 saturated carbocycles. The number of nitrogens with one attached hydrogen (secondary N) is 1. The van der Waals surface area contributed by atoms with Crippen LogP contribution in [0.25, 0.3) is 6.08 Å². The summed E-state index contributed by atoms with van der Waals surface area (Å²) >= 11 is 1.57. The van der Waals surface area contributed by atoms with E-state index in [0.29, 0.717) is 0 Å². The van der Waals surface area contributed by atoms with Crippen LogP contribution in [0.2, 0.25) is 0 Å². The van der Waals surface area contributed by atoms with Crippen LogP contribution in [0, 0.1) is 0 Å². The highest BCUT2D eigenvalue weighted by atomic mass is 32.1. The molecule has 138 valence electrons. The van der Waals surface area contributed by atoms with Crippen LogP contribution in [0.3, 0.4) is 0 Å². The summed E-state index contributed by atoms with van der Waals surface area (Å²) in [5.41, 5.74) is 2.09. The van der Waals surface area contributed by atoms with E-state index in [2.05, 4.69) is 22.3 Å². The Kier molecular flexibility index (Phi) is 6.96. The molecule has 0 aliphatic carbocycles. The Morgan fingerprint density at radius 1 is 1.31 bits per heavy atom. The van der Waals surface area contributed by atoms with Crippen molar-refractivity contribution in [2.45, 2.75) is 12.6 Å². The van der Waals surface area contributed by atoms with E-state index in [9.17, 15) is 9.90 Å². The van der Waals surface area contributed by atoms with Gasteiger partial charge in [-0.2, -0.15) is 0 Å². The van der Waals surface area contributed by atoms with E-state index < -0.39 is 6.04 Å². The van der Waals surface area contributed by atoms with Crippen LogP contribution in [-0.4, -0.2) is 48.8 Å². The first-order valence-electron chi connectivity index (χ1n) is 8.76. The maximum absolute atomic E-state index is 12.2. The fraction of sp³-hybridized carbons (Fsp3) is 0.350. The van der Waals surface area contributed by atoms with E-state index in [0.717, 1.165) is 43.3 Å². The molecule has 5 nitrogen and oxygen atoms in total. The number of carbonyl (C=O) groups excluding carboxylic acids is 1. The smallest absolute Gasteiger partial charge is 0.244 e. The van der Waals surface area contributed by atoms with Gasteiger partial charge in [0.05, 0.1) is 25.9 Å². The molecule has 1 saturated heterocycles. The number of aliphatic hydroxyl groups is 1. The number of amides is 1. The van der Waals surface area contributed by atoms with Crippen LogP contribution in [0.5, 0.6) is 0 Å². The molecule has 1 aromatic heterocycles. The molecule has 1 amide bonds. The van der Waals surface area contributed by atoms with Gasteiger partial charge in [0, 0.05) is 30.6 Å². The van der Waals surface area contributed by atoms with Crippen molar-refractivity contribution in [3.8, 4) is 0 Å². The summed E-state index contributed by atoms with van der Waals surface area (Å²) in [5.74, 6) is -0.212. The van der Waals surface area contributed by atoms with Gasteiger partial charge in [-0.1, -0.05) is 30.3 Å². The number of benzene rings is 1. The molecule has 2 N–H and O–H groups in total. The second kappa shape index (κ2) is 9.64. The molecule has 26 heavy (non-hydrogen) atoms. The third-order valence-electron chi connectivity index (χ3n) is 4.30. The van der Waals surface area contributed by atoms with E-state index in [1.54, 1.807) is 17.4 Å². The number of hydrogen-bond donors (Lipinski definition) is 2. The lowest BCUT2D eigenvalue weighted by Gasteiger charge is -2.27. The summed E-state index contributed by atoms with van der Waals surface area (Å²) in [5, 5.41) is 14.6. The number of rotatable bonds is 7. The van der Waals surface area contributed by atoms with E-state index in [1.807, 2.05) is 29.6 Å². The molecule has 1 aromatic carbocycles. The van der Waals surface area contributed by atoms with Crippen molar-refractivity contribution in [3.05, 3.63) is 63.9 Å². The van der Waals surface area contributed by atoms with Gasteiger partial charge in [0.15, 0.2) is 0 Å². The van der Waals surface area contributed by atoms with Crippen molar-refractivity contribution >= 4 is 23.3 Å². The first-order valence-corrected chi connectivity index (χ1v) is 9.64. The van der Waals surface area contributed by atoms with Gasteiger partial charge in [-0.25, -0.2) is 0 Å². The summed E-state index contributed by atoms with van der Waals surface area (Å²) in [6.45, 7) is 4.11. The predicted octanol–water partition coefficient (Wildman–Crippen LogP) is 2.44. The van der Waals surface area contributed by atoms with Crippen molar-refractivity contribution < 1.29 is 14.6 Å². The molecule has 1 fully saturated rings. The molecular weight excluding hydrogens is 348 g/mol. The van der Waals surface area contributed by atoms with E-state index in [-0.39, 0.29) is 12.5 Å². The van der Waals surface area contributed by atoms with Crippen LogP contribution in [0.4, 0.5) is 0 Å². The monoisotopic (exact) mass is 372 g/mol. The molecular formula is C20H24N2O3S. The fourth-order valence-electron chi connectivity index (χ4n) is 2.92. The van der Waals surface area contributed by atoms with Crippen molar-refractivity contribution in [2.24, 2.45) is 0 Å². The standard InChI is InChI=1S/C20H24N2O3S/c23-15-19(21-20(24)7-6-18-5-2-12-26-18)17-4-1-3-16(13-17)14-22-8-10-25-11-9-22/h1-7,12-13,19,23H,8-11,14-15H2,(H,21,24)/t19-/m0/s1. The topological polar surface area (TPSA) is 61.8 Å². The van der Waals surface area contributed by atoms with Crippen LogP contribution in [0.15, 0.2) is 47.9 Å². The summed E-state index contributed by atoms with van der Waals surface area (Å²) in [6, 6.07) is 11.5. The largest absolute Gasteiger partial charge is 0.394 e. The highest BCUT2D eigenvalue weighted by molar-refractivity contribution is 7.10. The minimum atomic E-state index is -0.417. The minimum absolute atomic E-state index is 0.139. The third-order valence-corrected chi connectivity index (χ3v) is 5.14. The van der Waals surface area contributed by atoms with Crippen molar-refractivity contribution in [2.75, 3.05) is 32.9 Å². The first kappa shape index (κ1) is 18.8. The maximum Gasteiger partial charge on any atom is 0.244 e. The highest BCUT2D eigenvalue weighted by Gasteiger charge is 2.15. The third kappa shape index (κ3) is 5.51. The lowest BCUT2D eigenvalue weighted by atomic mass is 10.0. The van der Waals surface area contributed by atoms with Gasteiger partial charge < -0.3 is 15.2 Å². The first-order chi connectivity index (χ1) is 12.7. The lowest BCUT2D eigenvalue weighted by Crippen LogP contribution is -2.35. The van der Waals surface area contributed by atoms with Gasteiger partial charge in [0.1, 0.15) is 0 Å². The summed E-state index contributed by atoms with van der Waals surface area (Å²) in [6.07, 6.45) is 3.29.